The van der Waals surface area contributed by atoms with Crippen LogP contribution in [0.5, 0.6) is 11.5 Å². The van der Waals surface area contributed by atoms with Crippen LogP contribution >= 0.6 is 11.6 Å². The Kier molecular flexibility index (Phi) is 7.16. The lowest BCUT2D eigenvalue weighted by Crippen LogP contribution is -2.29. The summed E-state index contributed by atoms with van der Waals surface area (Å²) in [5, 5.41) is 13.1. The zero-order chi connectivity index (χ0) is 20.7. The average Bonchev–Trinajstić information content (AvgIpc) is 2.68. The van der Waals surface area contributed by atoms with E-state index in [4.69, 9.17) is 25.8 Å². The number of carbonyl (C=O) groups is 2. The highest BCUT2D eigenvalue weighted by Gasteiger charge is 2.18. The van der Waals surface area contributed by atoms with E-state index < -0.39 is 29.5 Å². The number of hydrogen-bond donors (Lipinski definition) is 1. The Hall–Kier alpha value is -3.33. The molecule has 9 nitrogen and oxygen atoms in total. The van der Waals surface area contributed by atoms with Gasteiger partial charge < -0.3 is 19.5 Å². The number of nitro groups is 1. The number of nitrogens with zero attached hydrogens (tertiary/aromatic N) is 1. The van der Waals surface area contributed by atoms with E-state index in [1.807, 2.05) is 0 Å². The predicted molar refractivity (Wildman–Crippen MR) is 101 cm³/mol. The Morgan fingerprint density at radius 1 is 1.18 bits per heavy atom. The van der Waals surface area contributed by atoms with Crippen molar-refractivity contribution in [2.75, 3.05) is 19.0 Å². The minimum Gasteiger partial charge on any atom is -0.497 e. The van der Waals surface area contributed by atoms with Gasteiger partial charge in [0.05, 0.1) is 22.7 Å². The number of nitro benzene ring substituents is 1. The first kappa shape index (κ1) is 21.0. The van der Waals surface area contributed by atoms with Gasteiger partial charge in [0.25, 0.3) is 11.6 Å². The number of hydrogen-bond acceptors (Lipinski definition) is 7. The third-order valence-electron chi connectivity index (χ3n) is 3.49. The topological polar surface area (TPSA) is 117 Å². The van der Waals surface area contributed by atoms with E-state index in [2.05, 4.69) is 5.32 Å². The van der Waals surface area contributed by atoms with Crippen molar-refractivity contribution in [3.8, 4) is 11.5 Å². The van der Waals surface area contributed by atoms with Crippen molar-refractivity contribution in [2.24, 2.45) is 0 Å². The van der Waals surface area contributed by atoms with Gasteiger partial charge in [-0.05, 0) is 37.3 Å². The number of carbonyl (C=O) groups excluding carboxylic acids is 2. The van der Waals surface area contributed by atoms with E-state index in [-0.39, 0.29) is 16.4 Å². The molecule has 1 N–H and O–H groups in total. The fourth-order valence-electron chi connectivity index (χ4n) is 2.07. The van der Waals surface area contributed by atoms with Gasteiger partial charge in [-0.15, -0.1) is 0 Å². The molecular formula is C18H17ClN2O7. The maximum absolute atomic E-state index is 12.0. The van der Waals surface area contributed by atoms with E-state index >= 15 is 0 Å². The van der Waals surface area contributed by atoms with Crippen LogP contribution in [0, 0.1) is 10.1 Å². The van der Waals surface area contributed by atoms with Crippen LogP contribution in [0.25, 0.3) is 0 Å². The van der Waals surface area contributed by atoms with Crippen molar-refractivity contribution in [1.29, 1.82) is 0 Å². The molecule has 0 fully saturated rings. The van der Waals surface area contributed by atoms with E-state index in [0.29, 0.717) is 11.5 Å². The molecule has 2 aromatic rings. The first-order chi connectivity index (χ1) is 13.3. The molecule has 1 amide bonds. The molecule has 0 saturated heterocycles. The number of methoxy groups -OCH3 is 1. The second kappa shape index (κ2) is 9.56. The number of benzene rings is 2. The summed E-state index contributed by atoms with van der Waals surface area (Å²) in [6.07, 6.45) is -0.941. The maximum Gasteiger partial charge on any atom is 0.347 e. The first-order valence-corrected chi connectivity index (χ1v) is 8.39. The molecule has 1 atom stereocenters. The molecule has 0 aliphatic heterocycles. The summed E-state index contributed by atoms with van der Waals surface area (Å²) >= 11 is 5.89. The number of rotatable bonds is 8. The molecule has 0 heterocycles. The number of esters is 1. The zero-order valence-corrected chi connectivity index (χ0v) is 15.8. The third kappa shape index (κ3) is 5.85. The van der Waals surface area contributed by atoms with Crippen molar-refractivity contribution in [3.63, 3.8) is 0 Å². The van der Waals surface area contributed by atoms with Gasteiger partial charge in [0.1, 0.15) is 11.5 Å². The van der Waals surface area contributed by atoms with Crippen LogP contribution in [0.4, 0.5) is 11.4 Å². The lowest BCUT2D eigenvalue weighted by atomic mass is 10.3. The Morgan fingerprint density at radius 2 is 1.82 bits per heavy atom. The molecule has 0 aromatic heterocycles. The van der Waals surface area contributed by atoms with Crippen LogP contribution in [-0.4, -0.2) is 36.6 Å². The van der Waals surface area contributed by atoms with Gasteiger partial charge in [0.15, 0.2) is 12.7 Å². The molecule has 148 valence electrons. The van der Waals surface area contributed by atoms with Crippen LogP contribution in [0.15, 0.2) is 42.5 Å². The lowest BCUT2D eigenvalue weighted by Gasteiger charge is -2.14. The standard InChI is InChI=1S/C18H17ClN2O7/c1-11(28-14-6-4-13(26-2)5-7-14)18(23)27-10-17(22)20-16-8-3-12(21(24)25)9-15(16)19/h3-9,11H,10H2,1-2H3,(H,20,22). The van der Waals surface area contributed by atoms with Gasteiger partial charge in [-0.25, -0.2) is 4.79 Å². The summed E-state index contributed by atoms with van der Waals surface area (Å²) in [6.45, 7) is 0.917. The van der Waals surface area contributed by atoms with Gasteiger partial charge in [0.2, 0.25) is 0 Å². The largest absolute Gasteiger partial charge is 0.497 e. The van der Waals surface area contributed by atoms with Gasteiger partial charge in [-0.2, -0.15) is 0 Å². The van der Waals surface area contributed by atoms with Gasteiger partial charge in [-0.3, -0.25) is 14.9 Å². The fourth-order valence-corrected chi connectivity index (χ4v) is 2.29. The molecule has 0 saturated carbocycles. The van der Waals surface area contributed by atoms with E-state index in [0.717, 1.165) is 6.07 Å². The molecule has 1 unspecified atom stereocenters. The number of halogens is 1. The van der Waals surface area contributed by atoms with E-state index in [1.165, 1.54) is 26.2 Å². The van der Waals surface area contributed by atoms with Crippen molar-refractivity contribution >= 4 is 34.9 Å². The van der Waals surface area contributed by atoms with E-state index in [9.17, 15) is 19.7 Å². The molecule has 0 spiro atoms. The summed E-state index contributed by atoms with van der Waals surface area (Å²) in [7, 11) is 1.53. The zero-order valence-electron chi connectivity index (χ0n) is 15.0. The fraction of sp³-hybridized carbons (Fsp3) is 0.222. The monoisotopic (exact) mass is 408 g/mol. The highest BCUT2D eigenvalue weighted by Crippen LogP contribution is 2.26. The number of anilines is 1. The van der Waals surface area contributed by atoms with Crippen molar-refractivity contribution in [2.45, 2.75) is 13.0 Å². The molecule has 2 aromatic carbocycles. The average molecular weight is 409 g/mol. The van der Waals surface area contributed by atoms with Crippen LogP contribution in [0.3, 0.4) is 0 Å². The SMILES string of the molecule is COc1ccc(OC(C)C(=O)OCC(=O)Nc2ccc([N+](=O)[O-])cc2Cl)cc1. The smallest absolute Gasteiger partial charge is 0.347 e. The van der Waals surface area contributed by atoms with Gasteiger partial charge in [-0.1, -0.05) is 11.6 Å². The number of ether oxygens (including phenoxy) is 3. The van der Waals surface area contributed by atoms with Crippen LogP contribution in [0.2, 0.25) is 5.02 Å². The number of non-ortho nitro benzene ring substituents is 1. The Balaban J connectivity index is 1.84. The summed E-state index contributed by atoms with van der Waals surface area (Å²) in [5.41, 5.74) is -0.0465. The van der Waals surface area contributed by atoms with Crippen molar-refractivity contribution in [1.82, 2.24) is 0 Å². The Labute approximate surface area is 165 Å². The maximum atomic E-state index is 12.0. The number of nitrogens with one attached hydrogen (secondary N) is 1. The van der Waals surface area contributed by atoms with E-state index in [1.54, 1.807) is 24.3 Å². The van der Waals surface area contributed by atoms with Crippen LogP contribution < -0.4 is 14.8 Å². The minimum atomic E-state index is -0.941. The van der Waals surface area contributed by atoms with Crippen molar-refractivity contribution < 1.29 is 28.7 Å². The summed E-state index contributed by atoms with van der Waals surface area (Å²) in [6, 6.07) is 10.2. The van der Waals surface area contributed by atoms with Crippen LogP contribution in [-0.2, 0) is 14.3 Å². The Bertz CT molecular complexity index is 871. The van der Waals surface area contributed by atoms with Gasteiger partial charge in [0, 0.05) is 12.1 Å². The second-order valence-electron chi connectivity index (χ2n) is 5.51. The van der Waals surface area contributed by atoms with Gasteiger partial charge >= 0.3 is 5.97 Å². The third-order valence-corrected chi connectivity index (χ3v) is 3.80. The quantitative estimate of drug-likeness (QED) is 0.405. The molecule has 0 aliphatic rings. The molecule has 28 heavy (non-hydrogen) atoms. The molecule has 0 radical (unpaired) electrons. The lowest BCUT2D eigenvalue weighted by molar-refractivity contribution is -0.384. The predicted octanol–water partition coefficient (Wildman–Crippen LogP) is 3.21. The van der Waals surface area contributed by atoms with Crippen molar-refractivity contribution in [3.05, 3.63) is 57.6 Å². The number of amides is 1. The summed E-state index contributed by atoms with van der Waals surface area (Å²) in [5.74, 6) is -0.307. The molecule has 0 bridgehead atoms. The normalized spacial score (nSPS) is 11.2. The molecule has 0 aliphatic carbocycles. The van der Waals surface area contributed by atoms with Crippen LogP contribution in [0.1, 0.15) is 6.92 Å². The Morgan fingerprint density at radius 3 is 2.39 bits per heavy atom. The highest BCUT2D eigenvalue weighted by atomic mass is 35.5. The molecule has 10 heteroatoms. The highest BCUT2D eigenvalue weighted by molar-refractivity contribution is 6.34. The summed E-state index contributed by atoms with van der Waals surface area (Å²) < 4.78 is 15.4. The minimum absolute atomic E-state index is 0.00918. The second-order valence-corrected chi connectivity index (χ2v) is 5.92. The molecular weight excluding hydrogens is 392 g/mol. The first-order valence-electron chi connectivity index (χ1n) is 8.01. The summed E-state index contributed by atoms with van der Waals surface area (Å²) in [4.78, 5) is 33.9. The molecule has 2 rings (SSSR count).